The number of aryl methyl sites for hydroxylation is 1. The van der Waals surface area contributed by atoms with Crippen molar-refractivity contribution in [1.82, 2.24) is 14.5 Å². The quantitative estimate of drug-likeness (QED) is 0.481. The van der Waals surface area contributed by atoms with Crippen LogP contribution in [-0.2, 0) is 16.1 Å². The fourth-order valence-corrected chi connectivity index (χ4v) is 7.00. The number of rotatable bonds is 3. The van der Waals surface area contributed by atoms with Crippen LogP contribution in [0.2, 0.25) is 5.02 Å². The molecule has 1 amide bonds. The summed E-state index contributed by atoms with van der Waals surface area (Å²) in [5.74, 6) is -0.490. The third-order valence-corrected chi connectivity index (χ3v) is 8.28. The Morgan fingerprint density at radius 1 is 1.22 bits per heavy atom. The summed E-state index contributed by atoms with van der Waals surface area (Å²) in [7, 11) is 0. The van der Waals surface area contributed by atoms with Gasteiger partial charge < -0.3 is 14.5 Å². The lowest BCUT2D eigenvalue weighted by molar-refractivity contribution is -0.142. The van der Waals surface area contributed by atoms with Crippen LogP contribution in [0.3, 0.4) is 0 Å². The summed E-state index contributed by atoms with van der Waals surface area (Å²) >= 11 is 8.23. The van der Waals surface area contributed by atoms with Crippen molar-refractivity contribution >= 4 is 46.0 Å². The van der Waals surface area contributed by atoms with Gasteiger partial charge in [-0.05, 0) is 24.3 Å². The van der Waals surface area contributed by atoms with Crippen molar-refractivity contribution in [1.29, 1.82) is 0 Å². The zero-order valence-corrected chi connectivity index (χ0v) is 20.6. The lowest BCUT2D eigenvalue weighted by atomic mass is 10.0. The molecule has 0 aliphatic carbocycles. The first kappa shape index (κ1) is 23.4. The number of hydrogen-bond donors (Lipinski definition) is 0. The number of fused-ring (bicyclic) bond motifs is 2. The Bertz CT molecular complexity index is 1480. The maximum atomic E-state index is 14.8. The number of halogens is 3. The molecule has 0 spiro atoms. The molecule has 3 aliphatic rings. The van der Waals surface area contributed by atoms with E-state index in [1.807, 2.05) is 4.90 Å². The van der Waals surface area contributed by atoms with Gasteiger partial charge in [0.2, 0.25) is 5.91 Å². The molecule has 36 heavy (non-hydrogen) atoms. The SMILES string of the molecule is C=CC(=O)N1C2COCC1CN(c1nc(=O)n3c4c(c(-c5ccc(F)cc5F)c(Cl)cc14)SCC3)C2. The molecule has 0 saturated carbocycles. The molecule has 11 heteroatoms. The molecule has 2 fully saturated rings. The van der Waals surface area contributed by atoms with Crippen LogP contribution in [0.15, 0.2) is 46.6 Å². The molecule has 4 heterocycles. The second-order valence-electron chi connectivity index (χ2n) is 9.00. The van der Waals surface area contributed by atoms with Gasteiger partial charge in [-0.1, -0.05) is 18.2 Å². The molecule has 2 atom stereocenters. The second-order valence-corrected chi connectivity index (χ2v) is 10.5. The van der Waals surface area contributed by atoms with Gasteiger partial charge in [-0.2, -0.15) is 4.98 Å². The Balaban J connectivity index is 1.53. The lowest BCUT2D eigenvalue weighted by Gasteiger charge is -2.49. The van der Waals surface area contributed by atoms with Crippen LogP contribution in [0, 0.1) is 11.6 Å². The van der Waals surface area contributed by atoms with Gasteiger partial charge in [-0.3, -0.25) is 9.36 Å². The van der Waals surface area contributed by atoms with E-state index < -0.39 is 17.3 Å². The fourth-order valence-electron chi connectivity index (χ4n) is 5.43. The number of hydrogen-bond acceptors (Lipinski definition) is 6. The van der Waals surface area contributed by atoms with Crippen LogP contribution in [0.25, 0.3) is 22.0 Å². The van der Waals surface area contributed by atoms with E-state index in [4.69, 9.17) is 16.3 Å². The van der Waals surface area contributed by atoms with Crippen LogP contribution in [0.1, 0.15) is 0 Å². The minimum atomic E-state index is -0.724. The Morgan fingerprint density at radius 3 is 2.67 bits per heavy atom. The smallest absolute Gasteiger partial charge is 0.350 e. The summed E-state index contributed by atoms with van der Waals surface area (Å²) in [4.78, 5) is 34.6. The number of anilines is 1. The van der Waals surface area contributed by atoms with Gasteiger partial charge in [0.1, 0.15) is 17.5 Å². The number of amides is 1. The zero-order chi connectivity index (χ0) is 25.1. The summed E-state index contributed by atoms with van der Waals surface area (Å²) in [6.45, 7) is 5.67. The van der Waals surface area contributed by atoms with Crippen molar-refractivity contribution in [2.24, 2.45) is 0 Å². The van der Waals surface area contributed by atoms with E-state index in [1.165, 1.54) is 30.0 Å². The summed E-state index contributed by atoms with van der Waals surface area (Å²) in [6.07, 6.45) is 1.31. The normalized spacial score (nSPS) is 21.1. The van der Waals surface area contributed by atoms with E-state index in [0.717, 1.165) is 6.07 Å². The molecule has 186 valence electrons. The summed E-state index contributed by atoms with van der Waals surface area (Å²) in [6, 6.07) is 4.65. The molecular formula is C25H21ClF2N4O3S. The van der Waals surface area contributed by atoms with E-state index in [-0.39, 0.29) is 28.6 Å². The van der Waals surface area contributed by atoms with Gasteiger partial charge in [0, 0.05) is 52.9 Å². The molecule has 3 aliphatic heterocycles. The average molecular weight is 531 g/mol. The zero-order valence-electron chi connectivity index (χ0n) is 19.0. The summed E-state index contributed by atoms with van der Waals surface area (Å²) in [5, 5.41) is 0.963. The van der Waals surface area contributed by atoms with Gasteiger partial charge in [-0.15, -0.1) is 11.8 Å². The maximum Gasteiger partial charge on any atom is 0.350 e. The Labute approximate surface area is 214 Å². The number of thioether (sulfide) groups is 1. The number of aromatic nitrogens is 2. The van der Waals surface area contributed by atoms with Crippen LogP contribution < -0.4 is 10.6 Å². The average Bonchev–Trinajstić information content (AvgIpc) is 2.85. The summed E-state index contributed by atoms with van der Waals surface area (Å²) in [5.41, 5.74) is 0.838. The van der Waals surface area contributed by atoms with Gasteiger partial charge in [0.05, 0.1) is 35.8 Å². The van der Waals surface area contributed by atoms with Crippen LogP contribution in [0.4, 0.5) is 14.6 Å². The number of morpholine rings is 1. The highest BCUT2D eigenvalue weighted by atomic mass is 35.5. The topological polar surface area (TPSA) is 67.7 Å². The van der Waals surface area contributed by atoms with Crippen molar-refractivity contribution in [2.45, 2.75) is 23.5 Å². The standard InChI is InChI=1S/C25H21ClF2N4O3S/c1-2-20(33)32-14-9-30(10-15(32)12-35-11-14)24-17-8-18(26)21(16-4-3-13(27)7-19(16)28)23-22(17)31(5-6-36-23)25(34)29-24/h2-4,7-8,14-15H,1,5-6,9-12H2. The van der Waals surface area contributed by atoms with Crippen LogP contribution >= 0.6 is 23.4 Å². The summed E-state index contributed by atoms with van der Waals surface area (Å²) < 4.78 is 35.7. The first-order chi connectivity index (χ1) is 17.4. The van der Waals surface area contributed by atoms with Crippen LogP contribution in [-0.4, -0.2) is 64.5 Å². The van der Waals surface area contributed by atoms with E-state index in [1.54, 1.807) is 15.5 Å². The third-order valence-electron chi connectivity index (χ3n) is 6.91. The molecule has 6 rings (SSSR count). The first-order valence-corrected chi connectivity index (χ1v) is 12.9. The third kappa shape index (κ3) is 3.62. The van der Waals surface area contributed by atoms with E-state index in [2.05, 4.69) is 11.6 Å². The highest BCUT2D eigenvalue weighted by Gasteiger charge is 2.41. The van der Waals surface area contributed by atoms with Crippen molar-refractivity contribution in [3.8, 4) is 11.1 Å². The van der Waals surface area contributed by atoms with Crippen molar-refractivity contribution in [3.63, 3.8) is 0 Å². The second kappa shape index (κ2) is 8.86. The Hall–Kier alpha value is -2.95. The van der Waals surface area contributed by atoms with E-state index in [0.29, 0.717) is 65.8 Å². The Kier molecular flexibility index (Phi) is 5.77. The lowest BCUT2D eigenvalue weighted by Crippen LogP contribution is -2.66. The molecular weight excluding hydrogens is 510 g/mol. The monoisotopic (exact) mass is 530 g/mol. The van der Waals surface area contributed by atoms with Gasteiger partial charge >= 0.3 is 5.69 Å². The predicted octanol–water partition coefficient (Wildman–Crippen LogP) is 3.70. The molecule has 0 N–H and O–H groups in total. The van der Waals surface area contributed by atoms with E-state index in [9.17, 15) is 18.4 Å². The Morgan fingerprint density at radius 2 is 1.97 bits per heavy atom. The molecule has 1 aromatic heterocycles. The van der Waals surface area contributed by atoms with E-state index >= 15 is 0 Å². The van der Waals surface area contributed by atoms with Crippen LogP contribution in [0.5, 0.6) is 0 Å². The number of carbonyl (C=O) groups excluding carboxylic acids is 1. The minimum absolute atomic E-state index is 0.150. The molecule has 0 radical (unpaired) electrons. The first-order valence-electron chi connectivity index (χ1n) is 11.5. The fraction of sp³-hybridized carbons (Fsp3) is 0.320. The molecule has 3 aromatic rings. The number of benzene rings is 2. The predicted molar refractivity (Wildman–Crippen MR) is 135 cm³/mol. The van der Waals surface area contributed by atoms with Crippen molar-refractivity contribution < 1.29 is 18.3 Å². The molecule has 2 unspecified atom stereocenters. The number of piperazine rings is 1. The van der Waals surface area contributed by atoms with Crippen molar-refractivity contribution in [2.75, 3.05) is 37.0 Å². The molecule has 2 aromatic carbocycles. The van der Waals surface area contributed by atoms with Gasteiger partial charge in [-0.25, -0.2) is 13.6 Å². The van der Waals surface area contributed by atoms with Gasteiger partial charge in [0.15, 0.2) is 0 Å². The number of nitrogens with zero attached hydrogens (tertiary/aromatic N) is 4. The number of carbonyl (C=O) groups is 1. The molecule has 7 nitrogen and oxygen atoms in total. The van der Waals surface area contributed by atoms with Crippen molar-refractivity contribution in [3.05, 3.63) is 64.1 Å². The molecule has 2 bridgehead atoms. The number of ether oxygens (including phenoxy) is 1. The minimum Gasteiger partial charge on any atom is -0.377 e. The highest BCUT2D eigenvalue weighted by Crippen LogP contribution is 2.46. The highest BCUT2D eigenvalue weighted by molar-refractivity contribution is 7.99. The maximum absolute atomic E-state index is 14.8. The van der Waals surface area contributed by atoms with Gasteiger partial charge in [0.25, 0.3) is 0 Å². The largest absolute Gasteiger partial charge is 0.377 e. The molecule has 2 saturated heterocycles.